The number of carboxylic acid groups (broad SMARTS) is 1. The number of hydrogen-bond donors (Lipinski definition) is 1. The van der Waals surface area contributed by atoms with Gasteiger partial charge in [-0.05, 0) is 37.8 Å². The number of amides is 1. The lowest BCUT2D eigenvalue weighted by molar-refractivity contribution is -0.148. The normalized spacial score (nSPS) is 21.1. The summed E-state index contributed by atoms with van der Waals surface area (Å²) in [7, 11) is 0. The number of aryl methyl sites for hydroxylation is 2. The van der Waals surface area contributed by atoms with Gasteiger partial charge in [0.25, 0.3) is 0 Å². The van der Waals surface area contributed by atoms with Crippen LogP contribution in [0.25, 0.3) is 0 Å². The average Bonchev–Trinajstić information content (AvgIpc) is 2.48. The molecule has 1 N–H and O–H groups in total. The average molecular weight is 319 g/mol. The molecule has 1 aliphatic heterocycles. The summed E-state index contributed by atoms with van der Waals surface area (Å²) in [5, 5.41) is 9.12. The van der Waals surface area contributed by atoms with Gasteiger partial charge in [0.2, 0.25) is 5.91 Å². The minimum Gasteiger partial charge on any atom is -0.493 e. The smallest absolute Gasteiger partial charge is 0.306 e. The minimum absolute atomic E-state index is 0.00883. The topological polar surface area (TPSA) is 66.8 Å². The Morgan fingerprint density at radius 3 is 2.70 bits per heavy atom. The van der Waals surface area contributed by atoms with Crippen molar-refractivity contribution in [2.45, 2.75) is 33.6 Å². The van der Waals surface area contributed by atoms with E-state index < -0.39 is 5.97 Å². The molecule has 5 nitrogen and oxygen atoms in total. The molecule has 0 aliphatic carbocycles. The largest absolute Gasteiger partial charge is 0.493 e. The van der Waals surface area contributed by atoms with Crippen molar-refractivity contribution in [3.8, 4) is 5.75 Å². The van der Waals surface area contributed by atoms with Crippen LogP contribution in [0.1, 0.15) is 30.9 Å². The quantitative estimate of drug-likeness (QED) is 0.906. The van der Waals surface area contributed by atoms with Crippen LogP contribution in [0.4, 0.5) is 0 Å². The number of nitrogens with zero attached hydrogens (tertiary/aromatic N) is 1. The van der Waals surface area contributed by atoms with E-state index in [9.17, 15) is 9.59 Å². The Bertz CT molecular complexity index is 584. The number of piperidine rings is 1. The first-order chi connectivity index (χ1) is 10.9. The summed E-state index contributed by atoms with van der Waals surface area (Å²) in [6.45, 7) is 7.29. The zero-order valence-corrected chi connectivity index (χ0v) is 14.0. The molecular formula is C18H25NO4. The van der Waals surface area contributed by atoms with Crippen molar-refractivity contribution in [3.05, 3.63) is 29.3 Å². The van der Waals surface area contributed by atoms with Crippen molar-refractivity contribution in [1.82, 2.24) is 4.90 Å². The SMILES string of the molecule is Cc1ccc(OCCC(=O)N2CCC(C(=O)O)C(C)C2)c(C)c1. The van der Waals surface area contributed by atoms with Gasteiger partial charge in [0.05, 0.1) is 18.9 Å². The van der Waals surface area contributed by atoms with Crippen LogP contribution in [-0.2, 0) is 9.59 Å². The molecule has 0 aromatic heterocycles. The van der Waals surface area contributed by atoms with E-state index in [1.807, 2.05) is 32.9 Å². The summed E-state index contributed by atoms with van der Waals surface area (Å²) in [6.07, 6.45) is 0.845. The van der Waals surface area contributed by atoms with Crippen molar-refractivity contribution in [1.29, 1.82) is 0 Å². The fourth-order valence-corrected chi connectivity index (χ4v) is 3.11. The fourth-order valence-electron chi connectivity index (χ4n) is 3.11. The number of likely N-dealkylation sites (tertiary alicyclic amines) is 1. The summed E-state index contributed by atoms with van der Waals surface area (Å²) in [4.78, 5) is 25.1. The van der Waals surface area contributed by atoms with Crippen LogP contribution in [0.15, 0.2) is 18.2 Å². The highest BCUT2D eigenvalue weighted by atomic mass is 16.5. The third-order valence-corrected chi connectivity index (χ3v) is 4.48. The van der Waals surface area contributed by atoms with E-state index in [-0.39, 0.29) is 17.7 Å². The van der Waals surface area contributed by atoms with Crippen molar-refractivity contribution in [2.24, 2.45) is 11.8 Å². The lowest BCUT2D eigenvalue weighted by Gasteiger charge is -2.35. The summed E-state index contributed by atoms with van der Waals surface area (Å²) >= 11 is 0. The zero-order chi connectivity index (χ0) is 17.0. The van der Waals surface area contributed by atoms with Crippen molar-refractivity contribution in [3.63, 3.8) is 0 Å². The van der Waals surface area contributed by atoms with Crippen LogP contribution >= 0.6 is 0 Å². The van der Waals surface area contributed by atoms with Crippen LogP contribution in [-0.4, -0.2) is 41.6 Å². The molecule has 1 amide bonds. The second-order valence-electron chi connectivity index (χ2n) is 6.42. The second kappa shape index (κ2) is 7.49. The Kier molecular flexibility index (Phi) is 5.64. The first-order valence-corrected chi connectivity index (χ1v) is 8.09. The molecule has 0 saturated carbocycles. The molecule has 1 saturated heterocycles. The van der Waals surface area contributed by atoms with Gasteiger partial charge in [0.15, 0.2) is 0 Å². The van der Waals surface area contributed by atoms with Crippen molar-refractivity contribution in [2.75, 3.05) is 19.7 Å². The van der Waals surface area contributed by atoms with Gasteiger partial charge in [-0.1, -0.05) is 24.6 Å². The molecule has 0 spiro atoms. The number of carbonyl (C=O) groups is 2. The first-order valence-electron chi connectivity index (χ1n) is 8.09. The molecule has 1 aromatic rings. The van der Waals surface area contributed by atoms with Crippen LogP contribution in [0.5, 0.6) is 5.75 Å². The predicted molar refractivity (Wildman–Crippen MR) is 87.5 cm³/mol. The van der Waals surface area contributed by atoms with Crippen LogP contribution in [0.3, 0.4) is 0 Å². The molecule has 2 atom stereocenters. The molecule has 1 aromatic carbocycles. The van der Waals surface area contributed by atoms with E-state index in [1.54, 1.807) is 4.90 Å². The Morgan fingerprint density at radius 1 is 1.35 bits per heavy atom. The minimum atomic E-state index is -0.761. The standard InChI is InChI=1S/C18H25NO4/c1-12-4-5-16(13(2)10-12)23-9-7-17(20)19-8-6-15(18(21)22)14(3)11-19/h4-5,10,14-15H,6-9,11H2,1-3H3,(H,21,22). The molecule has 2 rings (SSSR count). The first kappa shape index (κ1) is 17.3. The lowest BCUT2D eigenvalue weighted by atomic mass is 9.87. The zero-order valence-electron chi connectivity index (χ0n) is 14.0. The summed E-state index contributed by atoms with van der Waals surface area (Å²) in [6, 6.07) is 5.97. The van der Waals surface area contributed by atoms with E-state index in [0.717, 1.165) is 11.3 Å². The summed E-state index contributed by atoms with van der Waals surface area (Å²) in [5.41, 5.74) is 2.24. The highest BCUT2D eigenvalue weighted by molar-refractivity contribution is 5.77. The third-order valence-electron chi connectivity index (χ3n) is 4.48. The summed E-state index contributed by atoms with van der Waals surface area (Å²) < 4.78 is 5.70. The van der Waals surface area contributed by atoms with Gasteiger partial charge in [-0.3, -0.25) is 9.59 Å². The number of carboxylic acids is 1. The fraction of sp³-hybridized carbons (Fsp3) is 0.556. The van der Waals surface area contributed by atoms with E-state index in [1.165, 1.54) is 5.56 Å². The summed E-state index contributed by atoms with van der Waals surface area (Å²) in [5.74, 6) is -0.273. The van der Waals surface area contributed by atoms with E-state index in [2.05, 4.69) is 6.07 Å². The molecule has 1 fully saturated rings. The van der Waals surface area contributed by atoms with Crippen LogP contribution < -0.4 is 4.74 Å². The number of benzene rings is 1. The molecule has 126 valence electrons. The van der Waals surface area contributed by atoms with E-state index >= 15 is 0 Å². The molecule has 23 heavy (non-hydrogen) atoms. The number of rotatable bonds is 5. The maximum absolute atomic E-state index is 12.2. The number of hydrogen-bond acceptors (Lipinski definition) is 3. The Morgan fingerprint density at radius 2 is 2.09 bits per heavy atom. The highest BCUT2D eigenvalue weighted by Crippen LogP contribution is 2.24. The molecular weight excluding hydrogens is 294 g/mol. The third kappa shape index (κ3) is 4.47. The van der Waals surface area contributed by atoms with E-state index in [0.29, 0.717) is 32.5 Å². The lowest BCUT2D eigenvalue weighted by Crippen LogP contribution is -2.45. The maximum atomic E-state index is 12.2. The van der Waals surface area contributed by atoms with Crippen molar-refractivity contribution >= 4 is 11.9 Å². The Labute approximate surface area is 137 Å². The van der Waals surface area contributed by atoms with Gasteiger partial charge < -0.3 is 14.7 Å². The van der Waals surface area contributed by atoms with Gasteiger partial charge in [0, 0.05) is 13.1 Å². The molecule has 0 bridgehead atoms. The number of ether oxygens (including phenoxy) is 1. The van der Waals surface area contributed by atoms with Crippen molar-refractivity contribution < 1.29 is 19.4 Å². The Hall–Kier alpha value is -2.04. The van der Waals surface area contributed by atoms with Gasteiger partial charge in [0.1, 0.15) is 5.75 Å². The number of carbonyl (C=O) groups excluding carboxylic acids is 1. The van der Waals surface area contributed by atoms with Crippen LogP contribution in [0, 0.1) is 25.7 Å². The predicted octanol–water partition coefficient (Wildman–Crippen LogP) is 2.64. The van der Waals surface area contributed by atoms with Gasteiger partial charge in [-0.15, -0.1) is 0 Å². The molecule has 0 radical (unpaired) electrons. The molecule has 2 unspecified atom stereocenters. The van der Waals surface area contributed by atoms with Gasteiger partial charge in [-0.25, -0.2) is 0 Å². The van der Waals surface area contributed by atoms with Crippen LogP contribution in [0.2, 0.25) is 0 Å². The monoisotopic (exact) mass is 319 g/mol. The van der Waals surface area contributed by atoms with Gasteiger partial charge in [-0.2, -0.15) is 0 Å². The number of aliphatic carboxylic acids is 1. The Balaban J connectivity index is 1.80. The molecule has 5 heteroatoms. The van der Waals surface area contributed by atoms with Gasteiger partial charge >= 0.3 is 5.97 Å². The maximum Gasteiger partial charge on any atom is 0.306 e. The molecule has 1 heterocycles. The second-order valence-corrected chi connectivity index (χ2v) is 6.42. The molecule has 1 aliphatic rings. The van der Waals surface area contributed by atoms with E-state index in [4.69, 9.17) is 9.84 Å². The highest BCUT2D eigenvalue weighted by Gasteiger charge is 2.32.